The molecular weight excluding hydrogens is 238 g/mol. The monoisotopic (exact) mass is 250 g/mol. The molecule has 0 bridgehead atoms. The first-order chi connectivity index (χ1) is 9.33. The van der Waals surface area contributed by atoms with Crippen LogP contribution in [0.4, 0.5) is 5.82 Å². The predicted molar refractivity (Wildman–Crippen MR) is 75.0 cm³/mol. The van der Waals surface area contributed by atoms with Gasteiger partial charge in [0, 0.05) is 31.6 Å². The summed E-state index contributed by atoms with van der Waals surface area (Å²) in [5, 5.41) is 3.99. The van der Waals surface area contributed by atoms with Gasteiger partial charge in [0.1, 0.15) is 11.5 Å². The Morgan fingerprint density at radius 1 is 1.05 bits per heavy atom. The second-order valence-corrected chi connectivity index (χ2v) is 3.89. The van der Waals surface area contributed by atoms with E-state index in [4.69, 9.17) is 6.58 Å². The molecule has 0 saturated carbocycles. The van der Waals surface area contributed by atoms with Gasteiger partial charge in [0.15, 0.2) is 0 Å². The van der Waals surface area contributed by atoms with Gasteiger partial charge in [-0.1, -0.05) is 0 Å². The Morgan fingerprint density at radius 3 is 2.79 bits per heavy atom. The Labute approximate surface area is 111 Å². The normalized spacial score (nSPS) is 10.3. The van der Waals surface area contributed by atoms with E-state index in [2.05, 4.69) is 25.3 Å². The van der Waals surface area contributed by atoms with Crippen LogP contribution in [0, 0.1) is 6.58 Å². The van der Waals surface area contributed by atoms with Crippen LogP contribution in [0.25, 0.3) is 16.6 Å². The molecule has 0 aliphatic rings. The zero-order valence-electron chi connectivity index (χ0n) is 9.99. The molecule has 0 saturated heterocycles. The van der Waals surface area contributed by atoms with E-state index in [9.17, 15) is 0 Å². The molecule has 19 heavy (non-hydrogen) atoms. The highest BCUT2D eigenvalue weighted by atomic mass is 15.0. The summed E-state index contributed by atoms with van der Waals surface area (Å²) in [6.07, 6.45) is 8.24. The van der Waals surface area contributed by atoms with Crippen molar-refractivity contribution in [2.45, 2.75) is 0 Å². The van der Waals surface area contributed by atoms with Crippen LogP contribution in [0.2, 0.25) is 0 Å². The minimum absolute atomic E-state index is 0. The molecule has 3 aromatic heterocycles. The molecule has 0 fully saturated rings. The third kappa shape index (κ3) is 2.40. The highest BCUT2D eigenvalue weighted by Gasteiger charge is 2.03. The second-order valence-electron chi connectivity index (χ2n) is 3.89. The van der Waals surface area contributed by atoms with Gasteiger partial charge in [-0.15, -0.1) is 0 Å². The van der Waals surface area contributed by atoms with E-state index in [0.717, 1.165) is 10.9 Å². The summed E-state index contributed by atoms with van der Waals surface area (Å²) in [6, 6.07) is 5.62. The molecule has 93 valence electrons. The van der Waals surface area contributed by atoms with Crippen LogP contribution < -0.4 is 5.32 Å². The van der Waals surface area contributed by atoms with Gasteiger partial charge in [-0.05, 0) is 24.8 Å². The number of aromatic nitrogens is 4. The molecule has 5 heteroatoms. The Bertz CT molecular complexity index is 730. The molecule has 3 rings (SSSR count). The van der Waals surface area contributed by atoms with Gasteiger partial charge in [0.2, 0.25) is 0 Å². The van der Waals surface area contributed by atoms with Gasteiger partial charge in [-0.3, -0.25) is 15.0 Å². The molecule has 3 heterocycles. The first-order valence-corrected chi connectivity index (χ1v) is 5.69. The highest BCUT2D eigenvalue weighted by Crippen LogP contribution is 2.16. The van der Waals surface area contributed by atoms with Crippen molar-refractivity contribution in [1.29, 1.82) is 0 Å². The average Bonchev–Trinajstić information content (AvgIpc) is 2.48. The molecule has 0 aliphatic heterocycles. The Morgan fingerprint density at radius 2 is 1.95 bits per heavy atom. The van der Waals surface area contributed by atoms with E-state index < -0.39 is 0 Å². The molecule has 0 atom stereocenters. The van der Waals surface area contributed by atoms with Gasteiger partial charge in [-0.25, -0.2) is 4.98 Å². The van der Waals surface area contributed by atoms with Crippen LogP contribution in [-0.2, 0) is 0 Å². The fraction of sp³-hybridized carbons (Fsp3) is 0. The van der Waals surface area contributed by atoms with Crippen molar-refractivity contribution in [1.82, 2.24) is 19.9 Å². The van der Waals surface area contributed by atoms with E-state index >= 15 is 0 Å². The Hall–Kier alpha value is -2.82. The maximum atomic E-state index is 5.92. The lowest BCUT2D eigenvalue weighted by atomic mass is 10.2. The van der Waals surface area contributed by atoms with E-state index in [1.165, 1.54) is 0 Å². The number of nitrogens with one attached hydrogen (secondary N) is 1. The van der Waals surface area contributed by atoms with Crippen LogP contribution in [-0.4, -0.2) is 19.9 Å². The summed E-state index contributed by atoms with van der Waals surface area (Å²) in [7, 11) is 0. The van der Waals surface area contributed by atoms with E-state index in [1.807, 2.05) is 18.2 Å². The van der Waals surface area contributed by atoms with E-state index in [-0.39, 0.29) is 1.43 Å². The predicted octanol–water partition coefficient (Wildman–Crippen LogP) is 2.55. The van der Waals surface area contributed by atoms with Crippen molar-refractivity contribution in [3.05, 3.63) is 61.5 Å². The zero-order valence-corrected chi connectivity index (χ0v) is 9.99. The van der Waals surface area contributed by atoms with Crippen LogP contribution >= 0.6 is 0 Å². The minimum Gasteiger partial charge on any atom is -0.338 e. The van der Waals surface area contributed by atoms with E-state index in [1.54, 1.807) is 31.0 Å². The maximum Gasteiger partial charge on any atom is 0.131 e. The summed E-state index contributed by atoms with van der Waals surface area (Å²) in [4.78, 5) is 16.6. The molecule has 0 aromatic carbocycles. The zero-order chi connectivity index (χ0) is 13.1. The summed E-state index contributed by atoms with van der Waals surface area (Å²) < 4.78 is 0. The average molecular weight is 250 g/mol. The van der Waals surface area contributed by atoms with E-state index in [0.29, 0.717) is 17.2 Å². The minimum atomic E-state index is 0. The number of hydrogen-bond donors (Lipinski definition) is 1. The van der Waals surface area contributed by atoms with Crippen molar-refractivity contribution in [3.8, 4) is 0 Å². The van der Waals surface area contributed by atoms with Crippen LogP contribution in [0.3, 0.4) is 0 Å². The van der Waals surface area contributed by atoms with Crippen molar-refractivity contribution < 1.29 is 1.43 Å². The van der Waals surface area contributed by atoms with Crippen molar-refractivity contribution >= 4 is 22.4 Å². The maximum absolute atomic E-state index is 5.92. The van der Waals surface area contributed by atoms with Crippen LogP contribution in [0.15, 0.2) is 49.2 Å². The number of anilines is 1. The lowest BCUT2D eigenvalue weighted by molar-refractivity contribution is 1.16. The Balaban J connectivity index is 0.00000147. The SMILES string of the molecule is [CH]=C(Nc1ccc2cnccc2n1)c1cnccn1.[HH]. The molecule has 0 unspecified atom stereocenters. The lowest BCUT2D eigenvalue weighted by Gasteiger charge is -2.08. The summed E-state index contributed by atoms with van der Waals surface area (Å²) >= 11 is 0. The lowest BCUT2D eigenvalue weighted by Crippen LogP contribution is -2.01. The molecule has 0 spiro atoms. The van der Waals surface area contributed by atoms with Gasteiger partial charge in [-0.2, -0.15) is 0 Å². The van der Waals surface area contributed by atoms with Crippen molar-refractivity contribution in [2.75, 3.05) is 5.32 Å². The number of fused-ring (bicyclic) bond motifs is 1. The quantitative estimate of drug-likeness (QED) is 0.774. The summed E-state index contributed by atoms with van der Waals surface area (Å²) in [6.45, 7) is 5.92. The van der Waals surface area contributed by atoms with Gasteiger partial charge in [0.05, 0.1) is 17.4 Å². The molecule has 5 nitrogen and oxygen atoms in total. The largest absolute Gasteiger partial charge is 0.338 e. The smallest absolute Gasteiger partial charge is 0.131 e. The highest BCUT2D eigenvalue weighted by molar-refractivity contribution is 5.81. The van der Waals surface area contributed by atoms with Crippen LogP contribution in [0.1, 0.15) is 7.12 Å². The van der Waals surface area contributed by atoms with Gasteiger partial charge in [0.25, 0.3) is 0 Å². The Kier molecular flexibility index (Phi) is 2.86. The first-order valence-electron chi connectivity index (χ1n) is 5.69. The van der Waals surface area contributed by atoms with Gasteiger partial charge < -0.3 is 5.32 Å². The number of rotatable bonds is 3. The van der Waals surface area contributed by atoms with Crippen LogP contribution in [0.5, 0.6) is 0 Å². The molecule has 1 radical (unpaired) electrons. The molecule has 0 aliphatic carbocycles. The molecule has 1 N–H and O–H groups in total. The number of pyridine rings is 2. The second kappa shape index (κ2) is 4.81. The first kappa shape index (κ1) is 11.3. The standard InChI is InChI=1S/C14H10N5.H2/c1-10(13-9-16-6-7-17-13)18-14-3-2-11-8-15-5-4-12(11)19-14;/h1-9H,(H,18,19);1H. The van der Waals surface area contributed by atoms with Crippen molar-refractivity contribution in [3.63, 3.8) is 0 Å². The third-order valence-corrected chi connectivity index (χ3v) is 2.59. The molecular formula is C14H12N5. The fourth-order valence-corrected chi connectivity index (χ4v) is 1.68. The summed E-state index contributed by atoms with van der Waals surface area (Å²) in [5.41, 5.74) is 1.85. The molecule has 0 amide bonds. The topological polar surface area (TPSA) is 63.6 Å². The van der Waals surface area contributed by atoms with Gasteiger partial charge >= 0.3 is 0 Å². The third-order valence-electron chi connectivity index (χ3n) is 2.59. The number of nitrogens with zero attached hydrogens (tertiary/aromatic N) is 4. The molecule has 3 aromatic rings. The number of hydrogen-bond acceptors (Lipinski definition) is 5. The fourth-order valence-electron chi connectivity index (χ4n) is 1.68. The summed E-state index contributed by atoms with van der Waals surface area (Å²) in [5.74, 6) is 0.654. The van der Waals surface area contributed by atoms with Crippen molar-refractivity contribution in [2.24, 2.45) is 0 Å².